The quantitative estimate of drug-likeness (QED) is 0.210. The Morgan fingerprint density at radius 3 is 2.15 bits per heavy atom. The molecule has 9 nitrogen and oxygen atoms in total. The molecule has 2 aromatic carbocycles. The van der Waals surface area contributed by atoms with Gasteiger partial charge in [0.05, 0.1) is 12.4 Å². The fraction of sp³-hybridized carbons (Fsp3) is 0.419. The highest BCUT2D eigenvalue weighted by atomic mass is 32.2. The maximum Gasteiger partial charge on any atom is 0.326 e. The van der Waals surface area contributed by atoms with E-state index in [0.717, 1.165) is 47.3 Å². The first kappa shape index (κ1) is 31.7. The molecule has 1 heterocycles. The van der Waals surface area contributed by atoms with Crippen molar-refractivity contribution < 1.29 is 27.9 Å². The molecule has 0 saturated carbocycles. The van der Waals surface area contributed by atoms with Crippen LogP contribution in [0.25, 0.3) is 22.5 Å². The number of ether oxygens (including phenoxy) is 1. The fourth-order valence-corrected chi connectivity index (χ4v) is 4.86. The number of nitrogens with one attached hydrogen (secondary N) is 1. The number of hydrogen-bond donors (Lipinski definition) is 2. The van der Waals surface area contributed by atoms with Crippen LogP contribution in [-0.2, 0) is 25.8 Å². The first-order valence-electron chi connectivity index (χ1n) is 14.0. The third-order valence-electron chi connectivity index (χ3n) is 6.62. The van der Waals surface area contributed by atoms with Crippen molar-refractivity contribution in [3.05, 3.63) is 66.5 Å². The minimum atomic E-state index is -3.32. The van der Waals surface area contributed by atoms with Crippen LogP contribution in [0, 0.1) is 0 Å². The van der Waals surface area contributed by atoms with Crippen molar-refractivity contribution >= 4 is 21.7 Å². The van der Waals surface area contributed by atoms with Crippen molar-refractivity contribution in [1.29, 1.82) is 0 Å². The molecule has 2 N–H and O–H groups in total. The van der Waals surface area contributed by atoms with Crippen molar-refractivity contribution in [2.75, 3.05) is 18.6 Å². The summed E-state index contributed by atoms with van der Waals surface area (Å²) in [5.41, 5.74) is 3.63. The van der Waals surface area contributed by atoms with Gasteiger partial charge in [-0.2, -0.15) is 0 Å². The Morgan fingerprint density at radius 2 is 1.54 bits per heavy atom. The molecule has 0 radical (unpaired) electrons. The molecule has 0 bridgehead atoms. The Balaban J connectivity index is 1.48. The zero-order chi connectivity index (χ0) is 29.7. The minimum Gasteiger partial charge on any atom is -0.494 e. The summed E-state index contributed by atoms with van der Waals surface area (Å²) < 4.78 is 28.5. The van der Waals surface area contributed by atoms with Gasteiger partial charge < -0.3 is 15.2 Å². The van der Waals surface area contributed by atoms with Crippen molar-refractivity contribution in [1.82, 2.24) is 15.3 Å². The summed E-state index contributed by atoms with van der Waals surface area (Å²) in [6.45, 7) is 2.94. The number of carboxylic acid groups (broad SMARTS) is 1. The maximum absolute atomic E-state index is 12.3. The van der Waals surface area contributed by atoms with Gasteiger partial charge in [0.1, 0.15) is 21.6 Å². The zero-order valence-corrected chi connectivity index (χ0v) is 24.5. The molecule has 3 aromatic rings. The van der Waals surface area contributed by atoms with Crippen LogP contribution in [-0.4, -0.2) is 60.0 Å². The highest BCUT2D eigenvalue weighted by molar-refractivity contribution is 7.90. The Labute approximate surface area is 242 Å². The van der Waals surface area contributed by atoms with Crippen LogP contribution in [0.3, 0.4) is 0 Å². The molecule has 1 atom stereocenters. The van der Waals surface area contributed by atoms with Crippen LogP contribution in [0.4, 0.5) is 0 Å². The van der Waals surface area contributed by atoms with E-state index < -0.39 is 27.8 Å². The number of unbranched alkanes of at least 4 members (excludes halogenated alkanes) is 4. The standard InChI is InChI=1S/C31H39N3O6S/c1-3-4-5-6-7-19-40-27-15-13-24(14-16-27)26-21-32-30(33-22-26)25-11-8-23(9-12-25)10-17-29(35)34-28(31(36)37)18-20-41(2,38)39/h8-9,11-16,21-22,28H,3-7,10,17-20H2,1-2H3,(H,34,35)(H,36,37). The van der Waals surface area contributed by atoms with Gasteiger partial charge in [-0.1, -0.05) is 69.0 Å². The van der Waals surface area contributed by atoms with E-state index in [4.69, 9.17) is 4.74 Å². The average Bonchev–Trinajstić information content (AvgIpc) is 2.96. The molecule has 1 unspecified atom stereocenters. The summed E-state index contributed by atoms with van der Waals surface area (Å²) >= 11 is 0. The summed E-state index contributed by atoms with van der Waals surface area (Å²) in [5, 5.41) is 11.7. The van der Waals surface area contributed by atoms with Gasteiger partial charge in [0, 0.05) is 36.2 Å². The van der Waals surface area contributed by atoms with E-state index in [1.165, 1.54) is 25.7 Å². The number of rotatable bonds is 17. The van der Waals surface area contributed by atoms with Gasteiger partial charge in [0.15, 0.2) is 5.82 Å². The first-order valence-corrected chi connectivity index (χ1v) is 16.0. The maximum atomic E-state index is 12.3. The number of carboxylic acids is 1. The zero-order valence-electron chi connectivity index (χ0n) is 23.7. The second-order valence-corrected chi connectivity index (χ2v) is 12.4. The van der Waals surface area contributed by atoms with Crippen LogP contribution in [0.5, 0.6) is 5.75 Å². The van der Waals surface area contributed by atoms with Gasteiger partial charge in [0.25, 0.3) is 0 Å². The molecule has 0 aliphatic rings. The average molecular weight is 582 g/mol. The fourth-order valence-electron chi connectivity index (χ4n) is 4.20. The lowest BCUT2D eigenvalue weighted by molar-refractivity contribution is -0.141. The normalized spacial score (nSPS) is 12.0. The van der Waals surface area contributed by atoms with Crippen LogP contribution in [0.2, 0.25) is 0 Å². The van der Waals surface area contributed by atoms with Gasteiger partial charge in [-0.3, -0.25) is 4.79 Å². The molecule has 0 spiro atoms. The number of carbonyl (C=O) groups excluding carboxylic acids is 1. The highest BCUT2D eigenvalue weighted by Crippen LogP contribution is 2.23. The molecule has 1 amide bonds. The van der Waals surface area contributed by atoms with Gasteiger partial charge in [-0.05, 0) is 42.5 Å². The van der Waals surface area contributed by atoms with E-state index >= 15 is 0 Å². The van der Waals surface area contributed by atoms with Crippen LogP contribution < -0.4 is 10.1 Å². The second kappa shape index (κ2) is 15.9. The van der Waals surface area contributed by atoms with Crippen molar-refractivity contribution in [2.24, 2.45) is 0 Å². The van der Waals surface area contributed by atoms with E-state index in [2.05, 4.69) is 22.2 Å². The molecule has 0 fully saturated rings. The number of nitrogens with zero attached hydrogens (tertiary/aromatic N) is 2. The number of carbonyl (C=O) groups is 2. The molecule has 220 valence electrons. The first-order chi connectivity index (χ1) is 19.6. The Kier molecular flexibility index (Phi) is 12.3. The van der Waals surface area contributed by atoms with Crippen LogP contribution in [0.15, 0.2) is 60.9 Å². The molecule has 0 saturated heterocycles. The number of sulfone groups is 1. The molecule has 0 aliphatic heterocycles. The summed E-state index contributed by atoms with van der Waals surface area (Å²) in [7, 11) is -3.32. The Hall–Kier alpha value is -3.79. The third kappa shape index (κ3) is 11.3. The number of benzene rings is 2. The van der Waals surface area contributed by atoms with Gasteiger partial charge in [-0.15, -0.1) is 0 Å². The number of aliphatic carboxylic acids is 1. The number of amides is 1. The second-order valence-electron chi connectivity index (χ2n) is 10.2. The Bertz CT molecular complexity index is 1360. The summed E-state index contributed by atoms with van der Waals surface area (Å²) in [6.07, 6.45) is 10.9. The third-order valence-corrected chi connectivity index (χ3v) is 7.60. The van der Waals surface area contributed by atoms with Gasteiger partial charge in [0.2, 0.25) is 5.91 Å². The monoisotopic (exact) mass is 581 g/mol. The SMILES string of the molecule is CCCCCCCOc1ccc(-c2cnc(-c3ccc(CCC(=O)NC(CCS(C)(=O)=O)C(=O)O)cc3)nc2)cc1. The molecule has 10 heteroatoms. The molecule has 41 heavy (non-hydrogen) atoms. The number of aryl methyl sites for hydroxylation is 1. The van der Waals surface area contributed by atoms with Crippen molar-refractivity contribution in [2.45, 2.75) is 64.3 Å². The smallest absolute Gasteiger partial charge is 0.326 e. The molecular formula is C31H39N3O6S. The molecular weight excluding hydrogens is 542 g/mol. The number of aromatic nitrogens is 2. The predicted octanol–water partition coefficient (Wildman–Crippen LogP) is 5.10. The van der Waals surface area contributed by atoms with E-state index in [0.29, 0.717) is 12.2 Å². The van der Waals surface area contributed by atoms with Crippen LogP contribution >= 0.6 is 0 Å². The summed E-state index contributed by atoms with van der Waals surface area (Å²) in [4.78, 5) is 32.6. The van der Waals surface area contributed by atoms with Crippen molar-refractivity contribution in [3.63, 3.8) is 0 Å². The van der Waals surface area contributed by atoms with Gasteiger partial charge in [-0.25, -0.2) is 23.2 Å². The topological polar surface area (TPSA) is 136 Å². The van der Waals surface area contributed by atoms with E-state index in [1.54, 1.807) is 12.4 Å². The molecule has 1 aromatic heterocycles. The molecule has 3 rings (SSSR count). The van der Waals surface area contributed by atoms with E-state index in [9.17, 15) is 23.1 Å². The molecule has 0 aliphatic carbocycles. The lowest BCUT2D eigenvalue weighted by Crippen LogP contribution is -2.42. The minimum absolute atomic E-state index is 0.0794. The lowest BCUT2D eigenvalue weighted by Gasteiger charge is -2.14. The predicted molar refractivity (Wildman–Crippen MR) is 159 cm³/mol. The summed E-state index contributed by atoms with van der Waals surface area (Å²) in [5.74, 6) is -0.581. The van der Waals surface area contributed by atoms with Crippen molar-refractivity contribution in [3.8, 4) is 28.3 Å². The summed E-state index contributed by atoms with van der Waals surface area (Å²) in [6, 6.07) is 14.2. The van der Waals surface area contributed by atoms with Crippen LogP contribution in [0.1, 0.15) is 57.4 Å². The van der Waals surface area contributed by atoms with E-state index in [1.807, 2.05) is 48.5 Å². The Morgan fingerprint density at radius 1 is 0.902 bits per heavy atom. The largest absolute Gasteiger partial charge is 0.494 e. The number of hydrogen-bond acceptors (Lipinski definition) is 7. The van der Waals surface area contributed by atoms with Gasteiger partial charge >= 0.3 is 5.97 Å². The lowest BCUT2D eigenvalue weighted by atomic mass is 10.1. The highest BCUT2D eigenvalue weighted by Gasteiger charge is 2.21. The van der Waals surface area contributed by atoms with E-state index in [-0.39, 0.29) is 18.6 Å².